The fraction of sp³-hybridized carbons (Fsp3) is 0.714. The van der Waals surface area contributed by atoms with Crippen molar-refractivity contribution in [1.29, 1.82) is 0 Å². The lowest BCUT2D eigenvalue weighted by Gasteiger charge is -2.19. The van der Waals surface area contributed by atoms with Crippen LogP contribution in [0.5, 0.6) is 0 Å². The average Bonchev–Trinajstić information content (AvgIpc) is 2.64. The van der Waals surface area contributed by atoms with Crippen LogP contribution in [0.1, 0.15) is 54.9 Å². The number of H-pyrrole nitrogens is 1. The van der Waals surface area contributed by atoms with Crippen molar-refractivity contribution >= 4 is 5.91 Å². The van der Waals surface area contributed by atoms with E-state index in [0.29, 0.717) is 5.69 Å². The molecule has 0 spiro atoms. The Morgan fingerprint density at radius 2 is 2.11 bits per heavy atom. The van der Waals surface area contributed by atoms with Crippen molar-refractivity contribution in [2.75, 3.05) is 6.61 Å². The molecule has 0 aliphatic heterocycles. The maximum absolute atomic E-state index is 12.3. The van der Waals surface area contributed by atoms with E-state index in [1.807, 2.05) is 13.8 Å². The number of hydrogen-bond acceptors (Lipinski definition) is 3. The highest BCUT2D eigenvalue weighted by Gasteiger charge is 2.23. The number of nitrogens with one attached hydrogen (secondary N) is 2. The number of carbonyl (C=O) groups excluding carboxylic acids is 1. The monoisotopic (exact) mass is 265 g/mol. The molecule has 3 N–H and O–H groups in total. The number of aromatic amines is 1. The van der Waals surface area contributed by atoms with Crippen LogP contribution in [0.3, 0.4) is 0 Å². The van der Waals surface area contributed by atoms with Gasteiger partial charge in [-0.2, -0.15) is 5.10 Å². The molecule has 0 fully saturated rings. The lowest BCUT2D eigenvalue weighted by molar-refractivity contribution is 0.0890. The summed E-state index contributed by atoms with van der Waals surface area (Å²) < 4.78 is 0. The van der Waals surface area contributed by atoms with Crippen LogP contribution >= 0.6 is 0 Å². The third kappa shape index (κ3) is 3.15. The zero-order chi connectivity index (χ0) is 13.8. The van der Waals surface area contributed by atoms with Gasteiger partial charge in [0.15, 0.2) is 5.69 Å². The minimum Gasteiger partial charge on any atom is -0.394 e. The summed E-state index contributed by atoms with van der Waals surface area (Å²) in [4.78, 5) is 12.3. The topological polar surface area (TPSA) is 78.0 Å². The summed E-state index contributed by atoms with van der Waals surface area (Å²) in [5, 5.41) is 19.3. The molecule has 0 aromatic carbocycles. The molecule has 1 heterocycles. The smallest absolute Gasteiger partial charge is 0.272 e. The fourth-order valence-electron chi connectivity index (χ4n) is 2.51. The second-order valence-corrected chi connectivity index (χ2v) is 5.60. The van der Waals surface area contributed by atoms with Crippen LogP contribution in [-0.2, 0) is 12.8 Å². The number of aromatic nitrogens is 2. The summed E-state index contributed by atoms with van der Waals surface area (Å²) in [6.45, 7) is 3.91. The van der Waals surface area contributed by atoms with Crippen molar-refractivity contribution in [3.63, 3.8) is 0 Å². The summed E-state index contributed by atoms with van der Waals surface area (Å²) in [7, 11) is 0. The van der Waals surface area contributed by atoms with E-state index < -0.39 is 0 Å². The molecule has 1 amide bonds. The molecule has 0 bridgehead atoms. The maximum Gasteiger partial charge on any atom is 0.272 e. The number of rotatable bonds is 4. The maximum atomic E-state index is 12.3. The SMILES string of the molecule is CC(C)[C@H](CO)NC(=O)c1n[nH]c2c1CCCCC2. The number of aryl methyl sites for hydroxylation is 1. The van der Waals surface area contributed by atoms with Gasteiger partial charge in [0.2, 0.25) is 0 Å². The van der Waals surface area contributed by atoms with E-state index in [1.165, 1.54) is 6.42 Å². The Labute approximate surface area is 113 Å². The highest BCUT2D eigenvalue weighted by molar-refractivity contribution is 5.94. The first-order valence-corrected chi connectivity index (χ1v) is 7.11. The summed E-state index contributed by atoms with van der Waals surface area (Å²) in [6, 6.07) is -0.217. The second kappa shape index (κ2) is 6.19. The van der Waals surface area contributed by atoms with Crippen molar-refractivity contribution in [3.8, 4) is 0 Å². The molecule has 1 aromatic heterocycles. The van der Waals surface area contributed by atoms with Gasteiger partial charge in [0.05, 0.1) is 12.6 Å². The summed E-state index contributed by atoms with van der Waals surface area (Å²) in [6.07, 6.45) is 5.36. The number of hydrogen-bond donors (Lipinski definition) is 3. The summed E-state index contributed by atoms with van der Waals surface area (Å²) >= 11 is 0. The molecule has 0 unspecified atom stereocenters. The third-order valence-electron chi connectivity index (χ3n) is 3.84. The number of nitrogens with zero attached hydrogens (tertiary/aromatic N) is 1. The number of amides is 1. The van der Waals surface area contributed by atoms with Crippen molar-refractivity contribution in [1.82, 2.24) is 15.5 Å². The first-order chi connectivity index (χ1) is 9.13. The molecule has 0 saturated heterocycles. The molecule has 1 aromatic rings. The van der Waals surface area contributed by atoms with Gasteiger partial charge in [-0.15, -0.1) is 0 Å². The fourth-order valence-corrected chi connectivity index (χ4v) is 2.51. The largest absolute Gasteiger partial charge is 0.394 e. The van der Waals surface area contributed by atoms with Gasteiger partial charge >= 0.3 is 0 Å². The zero-order valence-corrected chi connectivity index (χ0v) is 11.7. The first-order valence-electron chi connectivity index (χ1n) is 7.11. The van der Waals surface area contributed by atoms with Gasteiger partial charge in [0.1, 0.15) is 0 Å². The van der Waals surface area contributed by atoms with Gasteiger partial charge in [0.25, 0.3) is 5.91 Å². The zero-order valence-electron chi connectivity index (χ0n) is 11.7. The van der Waals surface area contributed by atoms with Gasteiger partial charge in [-0.25, -0.2) is 0 Å². The van der Waals surface area contributed by atoms with E-state index in [4.69, 9.17) is 0 Å². The van der Waals surface area contributed by atoms with Gasteiger partial charge in [-0.05, 0) is 31.6 Å². The van der Waals surface area contributed by atoms with E-state index in [9.17, 15) is 9.90 Å². The number of fused-ring (bicyclic) bond motifs is 1. The molecular weight excluding hydrogens is 242 g/mol. The quantitative estimate of drug-likeness (QED) is 0.721. The van der Waals surface area contributed by atoms with Crippen LogP contribution < -0.4 is 5.32 Å². The predicted molar refractivity (Wildman–Crippen MR) is 73.0 cm³/mol. The van der Waals surface area contributed by atoms with Gasteiger partial charge < -0.3 is 10.4 Å². The van der Waals surface area contributed by atoms with Crippen molar-refractivity contribution in [2.24, 2.45) is 5.92 Å². The first kappa shape index (κ1) is 14.1. The molecule has 5 nitrogen and oxygen atoms in total. The molecule has 1 aliphatic rings. The third-order valence-corrected chi connectivity index (χ3v) is 3.84. The van der Waals surface area contributed by atoms with E-state index in [1.54, 1.807) is 0 Å². The standard InChI is InChI=1S/C14H23N3O2/c1-9(2)12(8-18)15-14(19)13-10-6-4-3-5-7-11(10)16-17-13/h9,12,18H,3-8H2,1-2H3,(H,15,19)(H,16,17)/t12-/m0/s1. The Morgan fingerprint density at radius 1 is 1.37 bits per heavy atom. The van der Waals surface area contributed by atoms with Crippen molar-refractivity contribution in [2.45, 2.75) is 52.0 Å². The van der Waals surface area contributed by atoms with E-state index in [2.05, 4.69) is 15.5 Å². The Kier molecular flexibility index (Phi) is 4.58. The normalized spacial score (nSPS) is 16.8. The van der Waals surface area contributed by atoms with Crippen molar-refractivity contribution in [3.05, 3.63) is 17.0 Å². The van der Waals surface area contributed by atoms with Crippen LogP contribution in [0.2, 0.25) is 0 Å². The summed E-state index contributed by atoms with van der Waals surface area (Å²) in [5.74, 6) is 0.0265. The molecule has 19 heavy (non-hydrogen) atoms. The molecule has 0 saturated carbocycles. The Bertz CT molecular complexity index is 440. The lowest BCUT2D eigenvalue weighted by Crippen LogP contribution is -2.41. The van der Waals surface area contributed by atoms with E-state index in [-0.39, 0.29) is 24.5 Å². The highest BCUT2D eigenvalue weighted by atomic mass is 16.3. The van der Waals surface area contributed by atoms with Crippen LogP contribution in [0.15, 0.2) is 0 Å². The second-order valence-electron chi connectivity index (χ2n) is 5.60. The predicted octanol–water partition coefficient (Wildman–Crippen LogP) is 1.43. The van der Waals surface area contributed by atoms with E-state index in [0.717, 1.165) is 36.9 Å². The lowest BCUT2D eigenvalue weighted by atomic mass is 10.0. The Balaban J connectivity index is 2.13. The molecule has 106 valence electrons. The molecule has 0 radical (unpaired) electrons. The van der Waals surface area contributed by atoms with Crippen molar-refractivity contribution < 1.29 is 9.90 Å². The average molecular weight is 265 g/mol. The Hall–Kier alpha value is -1.36. The van der Waals surface area contributed by atoms with Crippen LogP contribution in [-0.4, -0.2) is 33.9 Å². The minimum atomic E-state index is -0.217. The molecule has 1 atom stereocenters. The Morgan fingerprint density at radius 3 is 2.79 bits per heavy atom. The molecule has 1 aliphatic carbocycles. The van der Waals surface area contributed by atoms with Crippen LogP contribution in [0.4, 0.5) is 0 Å². The number of aliphatic hydroxyl groups is 1. The van der Waals surface area contributed by atoms with Crippen LogP contribution in [0, 0.1) is 5.92 Å². The molecule has 5 heteroatoms. The van der Waals surface area contributed by atoms with Gasteiger partial charge in [0, 0.05) is 11.3 Å². The van der Waals surface area contributed by atoms with Gasteiger partial charge in [-0.3, -0.25) is 9.89 Å². The van der Waals surface area contributed by atoms with Gasteiger partial charge in [-0.1, -0.05) is 20.3 Å². The summed E-state index contributed by atoms with van der Waals surface area (Å²) in [5.41, 5.74) is 2.68. The minimum absolute atomic E-state index is 0.0456. The number of aliphatic hydroxyl groups excluding tert-OH is 1. The number of carbonyl (C=O) groups is 1. The van der Waals surface area contributed by atoms with E-state index >= 15 is 0 Å². The van der Waals surface area contributed by atoms with Crippen LogP contribution in [0.25, 0.3) is 0 Å². The molecule has 2 rings (SSSR count). The molecular formula is C14H23N3O2. The highest BCUT2D eigenvalue weighted by Crippen LogP contribution is 2.21.